The van der Waals surface area contributed by atoms with E-state index in [4.69, 9.17) is 0 Å². The minimum atomic E-state index is -0.0403. The van der Waals surface area contributed by atoms with Crippen LogP contribution in [0.2, 0.25) is 0 Å². The van der Waals surface area contributed by atoms with Gasteiger partial charge in [0.15, 0.2) is 0 Å². The van der Waals surface area contributed by atoms with Gasteiger partial charge in [-0.2, -0.15) is 0 Å². The van der Waals surface area contributed by atoms with Crippen LogP contribution in [-0.2, 0) is 6.54 Å². The lowest BCUT2D eigenvalue weighted by Crippen LogP contribution is -2.29. The molecule has 0 spiro atoms. The van der Waals surface area contributed by atoms with Crippen LogP contribution in [0.3, 0.4) is 0 Å². The molecule has 2 aromatic carbocycles. The third-order valence-corrected chi connectivity index (χ3v) is 5.46. The fourth-order valence-electron chi connectivity index (χ4n) is 3.48. The van der Waals surface area contributed by atoms with Crippen LogP contribution in [0.5, 0.6) is 0 Å². The van der Waals surface area contributed by atoms with E-state index in [0.29, 0.717) is 6.54 Å². The Morgan fingerprint density at radius 3 is 2.19 bits per heavy atom. The normalized spacial score (nSPS) is 12.0. The van der Waals surface area contributed by atoms with E-state index in [1.54, 1.807) is 0 Å². The molecule has 140 valence electrons. The van der Waals surface area contributed by atoms with Gasteiger partial charge >= 0.3 is 0 Å². The average Bonchev–Trinajstić information content (AvgIpc) is 2.88. The summed E-state index contributed by atoms with van der Waals surface area (Å²) in [6.07, 6.45) is 0. The Morgan fingerprint density at radius 1 is 0.926 bits per heavy atom. The van der Waals surface area contributed by atoms with Crippen molar-refractivity contribution < 1.29 is 4.79 Å². The maximum absolute atomic E-state index is 13.1. The van der Waals surface area contributed by atoms with Crippen molar-refractivity contribution in [1.82, 2.24) is 9.88 Å². The molecule has 0 saturated heterocycles. The number of carbonyl (C=O) groups excluding carboxylic acids is 1. The number of hydrogen-bond donors (Lipinski definition) is 1. The van der Waals surface area contributed by atoms with E-state index in [9.17, 15) is 4.79 Å². The van der Waals surface area contributed by atoms with Crippen LogP contribution in [0, 0.1) is 27.7 Å². The summed E-state index contributed by atoms with van der Waals surface area (Å²) in [5.41, 5.74) is 7.68. The highest BCUT2D eigenvalue weighted by molar-refractivity contribution is 5.95. The largest absolute Gasteiger partial charge is 0.344 e. The molecule has 3 aromatic rings. The third-order valence-electron chi connectivity index (χ3n) is 5.46. The van der Waals surface area contributed by atoms with Gasteiger partial charge in [0, 0.05) is 12.2 Å². The highest BCUT2D eigenvalue weighted by Gasteiger charge is 2.22. The monoisotopic (exact) mass is 360 g/mol. The first kappa shape index (κ1) is 19.0. The average molecular weight is 361 g/mol. The molecular weight excluding hydrogens is 332 g/mol. The van der Waals surface area contributed by atoms with Crippen molar-refractivity contribution in [2.45, 2.75) is 47.2 Å². The summed E-state index contributed by atoms with van der Waals surface area (Å²) in [6.45, 7) is 11.0. The number of aromatic nitrogens is 1. The molecule has 0 aliphatic carbocycles. The molecule has 0 fully saturated rings. The number of rotatable bonds is 5. The molecule has 1 N–H and O–H groups in total. The van der Waals surface area contributed by atoms with Gasteiger partial charge in [0.05, 0.1) is 6.04 Å². The van der Waals surface area contributed by atoms with E-state index in [0.717, 1.165) is 22.5 Å². The summed E-state index contributed by atoms with van der Waals surface area (Å²) in [7, 11) is 0. The minimum absolute atomic E-state index is 0.0211. The van der Waals surface area contributed by atoms with Crippen molar-refractivity contribution >= 4 is 5.91 Å². The Kier molecular flexibility index (Phi) is 5.50. The van der Waals surface area contributed by atoms with Crippen molar-refractivity contribution in [3.63, 3.8) is 0 Å². The van der Waals surface area contributed by atoms with Crippen molar-refractivity contribution in [2.24, 2.45) is 0 Å². The molecule has 3 nitrogen and oxygen atoms in total. The van der Waals surface area contributed by atoms with Gasteiger partial charge in [0.25, 0.3) is 5.91 Å². The molecule has 3 rings (SSSR count). The summed E-state index contributed by atoms with van der Waals surface area (Å²) in [6, 6.07) is 18.5. The van der Waals surface area contributed by atoms with Crippen LogP contribution in [0.4, 0.5) is 0 Å². The maximum atomic E-state index is 13.1. The smallest absolute Gasteiger partial charge is 0.268 e. The van der Waals surface area contributed by atoms with Crippen molar-refractivity contribution in [3.8, 4) is 0 Å². The predicted molar refractivity (Wildman–Crippen MR) is 111 cm³/mol. The summed E-state index contributed by atoms with van der Waals surface area (Å²) in [4.78, 5) is 13.1. The highest BCUT2D eigenvalue weighted by Crippen LogP contribution is 2.24. The zero-order valence-corrected chi connectivity index (χ0v) is 16.8. The van der Waals surface area contributed by atoms with Crippen LogP contribution >= 0.6 is 0 Å². The molecular formula is C24H28N2O. The Bertz CT molecular complexity index is 937. The molecule has 1 unspecified atom stereocenters. The Balaban J connectivity index is 1.91. The molecule has 3 heteroatoms. The van der Waals surface area contributed by atoms with Gasteiger partial charge in [-0.15, -0.1) is 0 Å². The third kappa shape index (κ3) is 3.97. The summed E-state index contributed by atoms with van der Waals surface area (Å²) >= 11 is 0. The molecule has 1 aromatic heterocycles. The van der Waals surface area contributed by atoms with Crippen LogP contribution in [0.15, 0.2) is 54.6 Å². The van der Waals surface area contributed by atoms with Crippen LogP contribution in [0.1, 0.15) is 57.0 Å². The Hall–Kier alpha value is -2.81. The maximum Gasteiger partial charge on any atom is 0.268 e. The predicted octanol–water partition coefficient (Wildman–Crippen LogP) is 5.26. The number of aryl methyl sites for hydroxylation is 1. The van der Waals surface area contributed by atoms with Crippen molar-refractivity contribution in [3.05, 3.63) is 93.8 Å². The first-order valence-corrected chi connectivity index (χ1v) is 9.46. The lowest BCUT2D eigenvalue weighted by Gasteiger charge is -2.17. The first-order valence-electron chi connectivity index (χ1n) is 9.46. The SMILES string of the molecule is Cc1ccc(Cn2c(C)c(C)c(C)c2C(=O)NC(C)c2ccccc2)cc1. The van der Waals surface area contributed by atoms with Gasteiger partial charge in [-0.05, 0) is 56.9 Å². The molecule has 1 amide bonds. The van der Waals surface area contributed by atoms with E-state index in [1.165, 1.54) is 16.7 Å². The molecule has 0 aliphatic heterocycles. The second-order valence-corrected chi connectivity index (χ2v) is 7.36. The molecule has 0 bridgehead atoms. The van der Waals surface area contributed by atoms with E-state index in [-0.39, 0.29) is 11.9 Å². The van der Waals surface area contributed by atoms with Crippen molar-refractivity contribution in [2.75, 3.05) is 0 Å². The summed E-state index contributed by atoms with van der Waals surface area (Å²) in [5.74, 6) is -0.0211. The Labute approximate surface area is 162 Å². The fourth-order valence-corrected chi connectivity index (χ4v) is 3.48. The number of carbonyl (C=O) groups is 1. The second kappa shape index (κ2) is 7.83. The molecule has 27 heavy (non-hydrogen) atoms. The minimum Gasteiger partial charge on any atom is -0.344 e. The summed E-state index contributed by atoms with van der Waals surface area (Å²) < 4.78 is 2.14. The molecule has 1 heterocycles. The molecule has 0 radical (unpaired) electrons. The van der Waals surface area contributed by atoms with Gasteiger partial charge in [0.2, 0.25) is 0 Å². The van der Waals surface area contributed by atoms with E-state index in [1.807, 2.05) is 44.2 Å². The first-order chi connectivity index (χ1) is 12.9. The second-order valence-electron chi connectivity index (χ2n) is 7.36. The number of nitrogens with zero attached hydrogens (tertiary/aromatic N) is 1. The van der Waals surface area contributed by atoms with E-state index in [2.05, 4.69) is 54.9 Å². The van der Waals surface area contributed by atoms with Gasteiger partial charge in [-0.25, -0.2) is 0 Å². The van der Waals surface area contributed by atoms with Gasteiger partial charge in [-0.1, -0.05) is 60.2 Å². The van der Waals surface area contributed by atoms with Crippen molar-refractivity contribution in [1.29, 1.82) is 0 Å². The summed E-state index contributed by atoms with van der Waals surface area (Å²) in [5, 5.41) is 3.17. The van der Waals surface area contributed by atoms with Crippen LogP contribution in [-0.4, -0.2) is 10.5 Å². The van der Waals surface area contributed by atoms with Gasteiger partial charge in [0.1, 0.15) is 5.69 Å². The number of amides is 1. The van der Waals surface area contributed by atoms with Gasteiger partial charge < -0.3 is 9.88 Å². The van der Waals surface area contributed by atoms with E-state index < -0.39 is 0 Å². The number of benzene rings is 2. The lowest BCUT2D eigenvalue weighted by atomic mass is 10.1. The lowest BCUT2D eigenvalue weighted by molar-refractivity contribution is 0.0930. The molecule has 1 atom stereocenters. The van der Waals surface area contributed by atoms with Crippen LogP contribution < -0.4 is 5.32 Å². The van der Waals surface area contributed by atoms with E-state index >= 15 is 0 Å². The number of hydrogen-bond acceptors (Lipinski definition) is 1. The topological polar surface area (TPSA) is 34.0 Å². The standard InChI is InChI=1S/C24H28N2O/c1-16-11-13-21(14-12-16)15-26-20(5)17(2)18(3)23(26)24(27)25-19(4)22-9-7-6-8-10-22/h6-14,19H,15H2,1-5H3,(H,25,27). The molecule has 0 saturated carbocycles. The van der Waals surface area contributed by atoms with Crippen LogP contribution in [0.25, 0.3) is 0 Å². The highest BCUT2D eigenvalue weighted by atomic mass is 16.2. The zero-order valence-electron chi connectivity index (χ0n) is 16.8. The molecule has 0 aliphatic rings. The Morgan fingerprint density at radius 2 is 1.56 bits per heavy atom. The number of nitrogens with one attached hydrogen (secondary N) is 1. The quantitative estimate of drug-likeness (QED) is 0.661. The van der Waals surface area contributed by atoms with Gasteiger partial charge in [-0.3, -0.25) is 4.79 Å². The fraction of sp³-hybridized carbons (Fsp3) is 0.292. The zero-order chi connectivity index (χ0) is 19.6.